The number of carboxylic acid groups (broad SMARTS) is 1. The van der Waals surface area contributed by atoms with Gasteiger partial charge in [-0.1, -0.05) is 12.8 Å². The maximum absolute atomic E-state index is 12.0. The smallest absolute Gasteiger partial charge is 0.328 e. The van der Waals surface area contributed by atoms with Gasteiger partial charge in [0, 0.05) is 6.42 Å². The average molecular weight is 255 g/mol. The van der Waals surface area contributed by atoms with E-state index in [0.29, 0.717) is 25.9 Å². The summed E-state index contributed by atoms with van der Waals surface area (Å²) in [6.07, 6.45) is 3.27. The Morgan fingerprint density at radius 2 is 1.83 bits per heavy atom. The van der Waals surface area contributed by atoms with Crippen LogP contribution in [0.3, 0.4) is 0 Å². The van der Waals surface area contributed by atoms with Gasteiger partial charge in [0.15, 0.2) is 0 Å². The van der Waals surface area contributed by atoms with Gasteiger partial charge >= 0.3 is 11.9 Å². The van der Waals surface area contributed by atoms with Gasteiger partial charge in [0.1, 0.15) is 6.04 Å². The molecule has 2 N–H and O–H groups in total. The molecule has 1 aliphatic heterocycles. The molecule has 3 atom stereocenters. The first-order valence-electron chi connectivity index (χ1n) is 6.29. The van der Waals surface area contributed by atoms with Crippen LogP contribution in [-0.4, -0.2) is 35.6 Å². The van der Waals surface area contributed by atoms with Crippen molar-refractivity contribution in [3.05, 3.63) is 0 Å². The van der Waals surface area contributed by atoms with Crippen LogP contribution in [0.1, 0.15) is 32.1 Å². The lowest BCUT2D eigenvalue weighted by Crippen LogP contribution is -2.45. The third-order valence-corrected chi connectivity index (χ3v) is 3.67. The van der Waals surface area contributed by atoms with Crippen molar-refractivity contribution >= 4 is 17.8 Å². The number of ether oxygens (including phenoxy) is 1. The molecule has 0 aromatic rings. The summed E-state index contributed by atoms with van der Waals surface area (Å²) in [5.74, 6) is -2.83. The van der Waals surface area contributed by atoms with Crippen molar-refractivity contribution in [2.45, 2.75) is 38.1 Å². The summed E-state index contributed by atoms with van der Waals surface area (Å²) in [7, 11) is 0. The molecule has 1 amide bonds. The van der Waals surface area contributed by atoms with Crippen LogP contribution in [-0.2, 0) is 19.1 Å². The lowest BCUT2D eigenvalue weighted by Gasteiger charge is -2.28. The topological polar surface area (TPSA) is 92.7 Å². The molecule has 1 saturated heterocycles. The van der Waals surface area contributed by atoms with E-state index in [1.807, 2.05) is 0 Å². The summed E-state index contributed by atoms with van der Waals surface area (Å²) in [5.41, 5.74) is 0. The summed E-state index contributed by atoms with van der Waals surface area (Å²) in [6, 6.07) is -0.603. The van der Waals surface area contributed by atoms with E-state index in [1.165, 1.54) is 0 Å². The van der Waals surface area contributed by atoms with E-state index in [-0.39, 0.29) is 5.91 Å². The van der Waals surface area contributed by atoms with Gasteiger partial charge < -0.3 is 15.2 Å². The van der Waals surface area contributed by atoms with E-state index >= 15 is 0 Å². The standard InChI is InChI=1S/C12H17NO5/c14-10(13-9-5-6-18-12(9)17)7-3-1-2-4-8(7)11(15)16/h7-9H,1-6H2,(H,13,14)(H,15,16)/t7-,8+,9?/m1/s1. The molecule has 18 heavy (non-hydrogen) atoms. The summed E-state index contributed by atoms with van der Waals surface area (Å²) < 4.78 is 4.76. The molecule has 6 heteroatoms. The van der Waals surface area contributed by atoms with Crippen LogP contribution in [0.2, 0.25) is 0 Å². The minimum absolute atomic E-state index is 0.316. The normalized spacial score (nSPS) is 31.8. The molecule has 2 rings (SSSR count). The molecule has 1 aliphatic carbocycles. The van der Waals surface area contributed by atoms with Gasteiger partial charge in [-0.05, 0) is 12.8 Å². The highest BCUT2D eigenvalue weighted by Gasteiger charge is 2.38. The Morgan fingerprint density at radius 3 is 2.39 bits per heavy atom. The zero-order chi connectivity index (χ0) is 13.1. The number of nitrogens with one attached hydrogen (secondary N) is 1. The minimum atomic E-state index is -0.927. The number of carbonyl (C=O) groups is 3. The second kappa shape index (κ2) is 5.37. The first kappa shape index (κ1) is 12.9. The van der Waals surface area contributed by atoms with Gasteiger partial charge in [0.05, 0.1) is 18.4 Å². The monoisotopic (exact) mass is 255 g/mol. The van der Waals surface area contributed by atoms with Gasteiger partial charge in [-0.15, -0.1) is 0 Å². The maximum Gasteiger partial charge on any atom is 0.328 e. The predicted octanol–water partition coefficient (Wildman–Crippen LogP) is 0.309. The van der Waals surface area contributed by atoms with Gasteiger partial charge in [-0.3, -0.25) is 9.59 Å². The molecule has 0 aromatic heterocycles. The lowest BCUT2D eigenvalue weighted by molar-refractivity contribution is -0.149. The van der Waals surface area contributed by atoms with Crippen LogP contribution in [0.4, 0.5) is 0 Å². The Hall–Kier alpha value is -1.59. The fourth-order valence-electron chi connectivity index (χ4n) is 2.65. The van der Waals surface area contributed by atoms with Crippen LogP contribution in [0.5, 0.6) is 0 Å². The highest BCUT2D eigenvalue weighted by atomic mass is 16.5. The molecule has 1 unspecified atom stereocenters. The molecule has 0 aromatic carbocycles. The molecule has 100 valence electrons. The van der Waals surface area contributed by atoms with E-state index in [0.717, 1.165) is 12.8 Å². The molecule has 2 fully saturated rings. The number of hydrogen-bond acceptors (Lipinski definition) is 4. The summed E-state index contributed by atoms with van der Waals surface area (Å²) >= 11 is 0. The molecule has 1 saturated carbocycles. The number of rotatable bonds is 3. The van der Waals surface area contributed by atoms with Crippen molar-refractivity contribution in [2.24, 2.45) is 11.8 Å². The Balaban J connectivity index is 1.97. The van der Waals surface area contributed by atoms with Gasteiger partial charge in [-0.2, -0.15) is 0 Å². The van der Waals surface area contributed by atoms with Crippen molar-refractivity contribution in [1.82, 2.24) is 5.32 Å². The van der Waals surface area contributed by atoms with E-state index in [2.05, 4.69) is 5.32 Å². The zero-order valence-corrected chi connectivity index (χ0v) is 10.1. The SMILES string of the molecule is O=C1OCCC1NC(=O)[C@@H]1CCCC[C@@H]1C(=O)O. The Bertz CT molecular complexity index is 367. The van der Waals surface area contributed by atoms with Crippen LogP contribution in [0, 0.1) is 11.8 Å². The molecular formula is C12H17NO5. The third kappa shape index (κ3) is 2.63. The molecule has 0 bridgehead atoms. The van der Waals surface area contributed by atoms with E-state index in [9.17, 15) is 14.4 Å². The van der Waals surface area contributed by atoms with Gasteiger partial charge in [-0.25, -0.2) is 4.79 Å². The largest absolute Gasteiger partial charge is 0.481 e. The Labute approximate surface area is 105 Å². The molecule has 1 heterocycles. The molecule has 0 radical (unpaired) electrons. The highest BCUT2D eigenvalue weighted by Crippen LogP contribution is 2.30. The number of amides is 1. The average Bonchev–Trinajstić information content (AvgIpc) is 2.75. The maximum atomic E-state index is 12.0. The second-order valence-electron chi connectivity index (χ2n) is 4.85. The fraction of sp³-hybridized carbons (Fsp3) is 0.750. The summed E-state index contributed by atoms with van der Waals surface area (Å²) in [4.78, 5) is 34.4. The Morgan fingerprint density at radius 1 is 1.17 bits per heavy atom. The number of esters is 1. The lowest BCUT2D eigenvalue weighted by atomic mass is 9.78. The minimum Gasteiger partial charge on any atom is -0.481 e. The molecule has 0 spiro atoms. The van der Waals surface area contributed by atoms with Crippen molar-refractivity contribution in [2.75, 3.05) is 6.61 Å². The van der Waals surface area contributed by atoms with Crippen LogP contribution < -0.4 is 5.32 Å². The summed E-state index contributed by atoms with van der Waals surface area (Å²) in [5, 5.41) is 11.7. The van der Waals surface area contributed by atoms with Crippen LogP contribution >= 0.6 is 0 Å². The van der Waals surface area contributed by atoms with Gasteiger partial charge in [0.25, 0.3) is 0 Å². The van der Waals surface area contributed by atoms with E-state index in [1.54, 1.807) is 0 Å². The van der Waals surface area contributed by atoms with Crippen LogP contribution in [0.25, 0.3) is 0 Å². The predicted molar refractivity (Wildman–Crippen MR) is 60.6 cm³/mol. The Kier molecular flexibility index (Phi) is 3.84. The summed E-state index contributed by atoms with van der Waals surface area (Å²) in [6.45, 7) is 0.316. The number of cyclic esters (lactones) is 1. The zero-order valence-electron chi connectivity index (χ0n) is 10.1. The molecule has 6 nitrogen and oxygen atoms in total. The van der Waals surface area contributed by atoms with Crippen molar-refractivity contribution in [3.63, 3.8) is 0 Å². The van der Waals surface area contributed by atoms with Crippen molar-refractivity contribution in [3.8, 4) is 0 Å². The number of hydrogen-bond donors (Lipinski definition) is 2. The number of aliphatic carboxylic acids is 1. The first-order valence-corrected chi connectivity index (χ1v) is 6.29. The third-order valence-electron chi connectivity index (χ3n) is 3.67. The van der Waals surface area contributed by atoms with E-state index in [4.69, 9.17) is 9.84 Å². The fourth-order valence-corrected chi connectivity index (χ4v) is 2.65. The highest BCUT2D eigenvalue weighted by molar-refractivity contribution is 5.89. The van der Waals surface area contributed by atoms with Crippen LogP contribution in [0.15, 0.2) is 0 Å². The molecular weight excluding hydrogens is 238 g/mol. The quantitative estimate of drug-likeness (QED) is 0.708. The number of carboxylic acids is 1. The molecule has 2 aliphatic rings. The van der Waals surface area contributed by atoms with Gasteiger partial charge in [0.2, 0.25) is 5.91 Å². The second-order valence-corrected chi connectivity index (χ2v) is 4.85. The van der Waals surface area contributed by atoms with Crippen molar-refractivity contribution in [1.29, 1.82) is 0 Å². The first-order chi connectivity index (χ1) is 8.59. The number of carbonyl (C=O) groups excluding carboxylic acids is 2. The van der Waals surface area contributed by atoms with E-state index < -0.39 is 29.8 Å². The van der Waals surface area contributed by atoms with Crippen molar-refractivity contribution < 1.29 is 24.2 Å².